The Bertz CT molecular complexity index is 1220. The van der Waals surface area contributed by atoms with Crippen LogP contribution in [0, 0.1) is 0 Å². The fourth-order valence-electron chi connectivity index (χ4n) is 2.97. The van der Waals surface area contributed by atoms with E-state index in [2.05, 4.69) is 15.3 Å². The number of benzene rings is 2. The highest BCUT2D eigenvalue weighted by Crippen LogP contribution is 2.27. The number of hydrogen-bond donors (Lipinski definition) is 4. The van der Waals surface area contributed by atoms with Gasteiger partial charge in [-0.2, -0.15) is 0 Å². The van der Waals surface area contributed by atoms with E-state index in [1.165, 1.54) is 6.20 Å². The van der Waals surface area contributed by atoms with Gasteiger partial charge in [-0.25, -0.2) is 4.79 Å². The van der Waals surface area contributed by atoms with Crippen molar-refractivity contribution in [3.8, 4) is 0 Å². The van der Waals surface area contributed by atoms with E-state index in [1.807, 2.05) is 6.07 Å². The van der Waals surface area contributed by atoms with Gasteiger partial charge in [0.05, 0.1) is 5.56 Å². The molecule has 4 aromatic rings. The van der Waals surface area contributed by atoms with Gasteiger partial charge < -0.3 is 20.4 Å². The third-order valence-electron chi connectivity index (χ3n) is 4.17. The van der Waals surface area contributed by atoms with Gasteiger partial charge in [-0.1, -0.05) is 18.2 Å². The number of H-pyrrole nitrogens is 2. The highest BCUT2D eigenvalue weighted by atomic mass is 16.4. The fraction of sp³-hybridized carbons (Fsp3) is 0. The zero-order chi connectivity index (χ0) is 18.3. The molecular weight excluding hydrogens is 334 g/mol. The minimum Gasteiger partial charge on any atom is -0.478 e. The largest absolute Gasteiger partial charge is 0.478 e. The molecule has 7 nitrogen and oxygen atoms in total. The van der Waals surface area contributed by atoms with Crippen molar-refractivity contribution in [3.05, 3.63) is 76.2 Å². The summed E-state index contributed by atoms with van der Waals surface area (Å²) in [6.07, 6.45) is 1.29. The molecule has 2 aromatic carbocycles. The SMILES string of the molecule is O=C(Nc1ccc2[nH]c(=O)c3[nH]cc(C(=O)O)c3c2c1)c1ccccc1. The number of carbonyl (C=O) groups excluding carboxylic acids is 1. The molecule has 128 valence electrons. The molecule has 7 heteroatoms. The summed E-state index contributed by atoms with van der Waals surface area (Å²) in [5.74, 6) is -1.42. The Hall–Kier alpha value is -3.87. The zero-order valence-corrected chi connectivity index (χ0v) is 13.4. The van der Waals surface area contributed by atoms with E-state index in [9.17, 15) is 19.5 Å². The summed E-state index contributed by atoms with van der Waals surface area (Å²) in [6.45, 7) is 0. The molecule has 2 heterocycles. The quantitative estimate of drug-likeness (QED) is 0.456. The summed E-state index contributed by atoms with van der Waals surface area (Å²) < 4.78 is 0. The number of pyridine rings is 1. The fourth-order valence-corrected chi connectivity index (χ4v) is 2.97. The molecular formula is C19H13N3O4. The van der Waals surface area contributed by atoms with Crippen LogP contribution >= 0.6 is 0 Å². The molecule has 0 spiro atoms. The van der Waals surface area contributed by atoms with Crippen molar-refractivity contribution in [1.29, 1.82) is 0 Å². The lowest BCUT2D eigenvalue weighted by atomic mass is 10.1. The Morgan fingerprint density at radius 3 is 2.54 bits per heavy atom. The molecule has 0 saturated carbocycles. The summed E-state index contributed by atoms with van der Waals surface area (Å²) in [6, 6.07) is 13.7. The Kier molecular flexibility index (Phi) is 3.54. The first kappa shape index (κ1) is 15.6. The monoisotopic (exact) mass is 347 g/mol. The van der Waals surface area contributed by atoms with Crippen LogP contribution in [0.25, 0.3) is 21.8 Å². The van der Waals surface area contributed by atoms with Crippen molar-refractivity contribution < 1.29 is 14.7 Å². The van der Waals surface area contributed by atoms with Crippen LogP contribution in [0.1, 0.15) is 20.7 Å². The van der Waals surface area contributed by atoms with Crippen molar-refractivity contribution in [1.82, 2.24) is 9.97 Å². The molecule has 0 aliphatic heterocycles. The second kappa shape index (κ2) is 5.89. The van der Waals surface area contributed by atoms with Crippen LogP contribution < -0.4 is 10.9 Å². The zero-order valence-electron chi connectivity index (χ0n) is 13.4. The number of nitrogens with one attached hydrogen (secondary N) is 3. The molecule has 26 heavy (non-hydrogen) atoms. The third kappa shape index (κ3) is 2.51. The van der Waals surface area contributed by atoms with E-state index in [4.69, 9.17) is 0 Å². The number of fused-ring (bicyclic) bond motifs is 3. The van der Waals surface area contributed by atoms with Gasteiger partial charge >= 0.3 is 5.97 Å². The third-order valence-corrected chi connectivity index (χ3v) is 4.17. The van der Waals surface area contributed by atoms with Crippen LogP contribution in [0.5, 0.6) is 0 Å². The van der Waals surface area contributed by atoms with Crippen LogP contribution in [-0.4, -0.2) is 27.0 Å². The highest BCUT2D eigenvalue weighted by Gasteiger charge is 2.17. The standard InChI is InChI=1S/C19H13N3O4/c23-17(10-4-2-1-3-5-10)21-11-6-7-14-12(8-11)15-13(19(25)26)9-20-16(15)18(24)22-14/h1-9,20H,(H,21,23)(H,22,24)(H,25,26). The molecule has 0 unspecified atom stereocenters. The molecule has 0 aliphatic carbocycles. The predicted molar refractivity (Wildman–Crippen MR) is 97.8 cm³/mol. The number of aromatic carboxylic acids is 1. The lowest BCUT2D eigenvalue weighted by Gasteiger charge is -2.08. The van der Waals surface area contributed by atoms with Crippen LogP contribution in [0.3, 0.4) is 0 Å². The van der Waals surface area contributed by atoms with Crippen molar-refractivity contribution in [3.63, 3.8) is 0 Å². The molecule has 0 fully saturated rings. The maximum Gasteiger partial charge on any atom is 0.337 e. The molecule has 4 N–H and O–H groups in total. The van der Waals surface area contributed by atoms with E-state index in [0.717, 1.165) is 0 Å². The summed E-state index contributed by atoms with van der Waals surface area (Å²) in [5, 5.41) is 13.0. The topological polar surface area (TPSA) is 115 Å². The van der Waals surface area contributed by atoms with Crippen molar-refractivity contribution >= 4 is 39.4 Å². The van der Waals surface area contributed by atoms with Crippen molar-refractivity contribution in [2.45, 2.75) is 0 Å². The molecule has 4 rings (SSSR count). The number of aromatic amines is 2. The maximum atomic E-state index is 12.3. The van der Waals surface area contributed by atoms with E-state index < -0.39 is 11.5 Å². The van der Waals surface area contributed by atoms with Gasteiger partial charge in [0.1, 0.15) is 5.52 Å². The van der Waals surface area contributed by atoms with E-state index >= 15 is 0 Å². The van der Waals surface area contributed by atoms with Gasteiger partial charge in [0.25, 0.3) is 11.5 Å². The lowest BCUT2D eigenvalue weighted by molar-refractivity contribution is 0.0699. The Morgan fingerprint density at radius 2 is 1.81 bits per heavy atom. The van der Waals surface area contributed by atoms with E-state index in [-0.39, 0.29) is 17.0 Å². The molecule has 1 amide bonds. The number of anilines is 1. The van der Waals surface area contributed by atoms with Crippen molar-refractivity contribution in [2.75, 3.05) is 5.32 Å². The van der Waals surface area contributed by atoms with E-state index in [0.29, 0.717) is 27.5 Å². The van der Waals surface area contributed by atoms with Gasteiger partial charge in [-0.3, -0.25) is 9.59 Å². The van der Waals surface area contributed by atoms with Crippen LogP contribution in [0.15, 0.2) is 59.5 Å². The van der Waals surface area contributed by atoms with Gasteiger partial charge in [0.2, 0.25) is 0 Å². The van der Waals surface area contributed by atoms with Crippen LogP contribution in [0.4, 0.5) is 5.69 Å². The molecule has 2 aromatic heterocycles. The Labute approximate surface area is 146 Å². The van der Waals surface area contributed by atoms with Gasteiger partial charge in [-0.05, 0) is 30.3 Å². The van der Waals surface area contributed by atoms with Gasteiger partial charge in [0.15, 0.2) is 0 Å². The smallest absolute Gasteiger partial charge is 0.337 e. The number of carbonyl (C=O) groups is 2. The number of carboxylic acid groups (broad SMARTS) is 1. The van der Waals surface area contributed by atoms with Gasteiger partial charge in [0, 0.05) is 33.7 Å². The second-order valence-corrected chi connectivity index (χ2v) is 5.79. The van der Waals surface area contributed by atoms with E-state index in [1.54, 1.807) is 42.5 Å². The number of aromatic nitrogens is 2. The average Bonchev–Trinajstić information content (AvgIpc) is 3.09. The van der Waals surface area contributed by atoms with Crippen LogP contribution in [0.2, 0.25) is 0 Å². The molecule has 0 radical (unpaired) electrons. The lowest BCUT2D eigenvalue weighted by Crippen LogP contribution is -2.12. The van der Waals surface area contributed by atoms with Crippen molar-refractivity contribution in [2.24, 2.45) is 0 Å². The molecule has 0 saturated heterocycles. The first-order valence-corrected chi connectivity index (χ1v) is 7.81. The number of rotatable bonds is 3. The minimum absolute atomic E-state index is 0.00244. The summed E-state index contributed by atoms with van der Waals surface area (Å²) in [7, 11) is 0. The Morgan fingerprint density at radius 1 is 1.04 bits per heavy atom. The molecule has 0 atom stereocenters. The first-order chi connectivity index (χ1) is 12.5. The molecule has 0 aliphatic rings. The number of hydrogen-bond acceptors (Lipinski definition) is 3. The maximum absolute atomic E-state index is 12.3. The first-order valence-electron chi connectivity index (χ1n) is 7.81. The summed E-state index contributed by atoms with van der Waals surface area (Å²) in [4.78, 5) is 41.3. The summed E-state index contributed by atoms with van der Waals surface area (Å²) >= 11 is 0. The molecule has 0 bridgehead atoms. The number of amides is 1. The number of carboxylic acids is 1. The normalized spacial score (nSPS) is 10.9. The minimum atomic E-state index is -1.14. The summed E-state index contributed by atoms with van der Waals surface area (Å²) in [5.41, 5.74) is 1.27. The predicted octanol–water partition coefficient (Wildman–Crippen LogP) is 2.96. The van der Waals surface area contributed by atoms with Crippen LogP contribution in [-0.2, 0) is 0 Å². The van der Waals surface area contributed by atoms with Gasteiger partial charge in [-0.15, -0.1) is 0 Å². The Balaban J connectivity index is 1.86. The average molecular weight is 347 g/mol. The second-order valence-electron chi connectivity index (χ2n) is 5.79. The highest BCUT2D eigenvalue weighted by molar-refractivity contribution is 6.15.